The van der Waals surface area contributed by atoms with Crippen molar-refractivity contribution in [3.63, 3.8) is 0 Å². The van der Waals surface area contributed by atoms with Gasteiger partial charge in [0.2, 0.25) is 11.8 Å². The molecule has 0 saturated carbocycles. The van der Waals surface area contributed by atoms with E-state index in [1.807, 2.05) is 58.9 Å². The molecule has 9 nitrogen and oxygen atoms in total. The first-order valence-electron chi connectivity index (χ1n) is 13.9. The normalized spacial score (nSPS) is 12.0. The number of ether oxygens (including phenoxy) is 2. The lowest BCUT2D eigenvalue weighted by atomic mass is 10.1. The molecule has 0 fully saturated rings. The highest BCUT2D eigenvalue weighted by Crippen LogP contribution is 2.32. The molecule has 0 aliphatic carbocycles. The molecule has 0 radical (unpaired) electrons. The molecule has 0 unspecified atom stereocenters. The molecular formula is C32H41N3O6S. The Bertz CT molecular complexity index is 1470. The van der Waals surface area contributed by atoms with Crippen molar-refractivity contribution in [3.05, 3.63) is 83.4 Å². The number of rotatable bonds is 13. The number of benzene rings is 3. The molecule has 10 heteroatoms. The van der Waals surface area contributed by atoms with Gasteiger partial charge in [-0.1, -0.05) is 54.4 Å². The summed E-state index contributed by atoms with van der Waals surface area (Å²) in [5.41, 5.74) is 3.15. The van der Waals surface area contributed by atoms with Gasteiger partial charge in [-0.2, -0.15) is 0 Å². The SMILES string of the molecule is CC[C@@H](C(=O)NC(C)C)N(Cc1ccc(C)cc1)C(=O)CN(c1ccc(C)cc1)S(=O)(=O)c1ccc(OC)c(OC)c1. The molecule has 0 saturated heterocycles. The Kier molecular flexibility index (Phi) is 11.0. The van der Waals surface area contributed by atoms with E-state index in [2.05, 4.69) is 5.32 Å². The van der Waals surface area contributed by atoms with Crippen molar-refractivity contribution in [1.82, 2.24) is 10.2 Å². The summed E-state index contributed by atoms with van der Waals surface area (Å²) in [5, 5.41) is 2.90. The number of hydrogen-bond acceptors (Lipinski definition) is 6. The maximum absolute atomic E-state index is 14.2. The zero-order valence-electron chi connectivity index (χ0n) is 25.4. The van der Waals surface area contributed by atoms with E-state index in [1.54, 1.807) is 24.3 Å². The van der Waals surface area contributed by atoms with Gasteiger partial charge in [0.1, 0.15) is 12.6 Å². The van der Waals surface area contributed by atoms with Crippen molar-refractivity contribution >= 4 is 27.5 Å². The third-order valence-corrected chi connectivity index (χ3v) is 8.60. The number of carbonyl (C=O) groups is 2. The van der Waals surface area contributed by atoms with Crippen LogP contribution >= 0.6 is 0 Å². The molecule has 0 bridgehead atoms. The molecule has 0 aromatic heterocycles. The molecule has 3 aromatic rings. The Morgan fingerprint density at radius 1 is 0.857 bits per heavy atom. The zero-order valence-corrected chi connectivity index (χ0v) is 26.2. The van der Waals surface area contributed by atoms with Gasteiger partial charge in [0.05, 0.1) is 24.8 Å². The van der Waals surface area contributed by atoms with Crippen LogP contribution in [0.4, 0.5) is 5.69 Å². The zero-order chi connectivity index (χ0) is 31.0. The predicted octanol–water partition coefficient (Wildman–Crippen LogP) is 4.85. The first kappa shape index (κ1) is 32.5. The van der Waals surface area contributed by atoms with Gasteiger partial charge in [-0.25, -0.2) is 8.42 Å². The number of aryl methyl sites for hydroxylation is 2. The van der Waals surface area contributed by atoms with Crippen molar-refractivity contribution < 1.29 is 27.5 Å². The largest absolute Gasteiger partial charge is 0.493 e. The Balaban J connectivity index is 2.09. The number of hydrogen-bond donors (Lipinski definition) is 1. The van der Waals surface area contributed by atoms with Crippen molar-refractivity contribution in [2.75, 3.05) is 25.1 Å². The van der Waals surface area contributed by atoms with Gasteiger partial charge in [-0.15, -0.1) is 0 Å². The summed E-state index contributed by atoms with van der Waals surface area (Å²) in [4.78, 5) is 28.8. The van der Waals surface area contributed by atoms with Crippen molar-refractivity contribution in [1.29, 1.82) is 0 Å². The standard InChI is InChI=1S/C32H41N3O6S/c1-8-28(32(37)33-22(2)3)34(20-25-13-9-23(4)10-14-25)31(36)21-35(26-15-11-24(5)12-16-26)42(38,39)27-17-18-29(40-6)30(19-27)41-7/h9-19,22,28H,8,20-21H2,1-7H3,(H,33,37)/t28-/m0/s1. The number of sulfonamides is 1. The first-order valence-corrected chi connectivity index (χ1v) is 15.3. The smallest absolute Gasteiger partial charge is 0.264 e. The van der Waals surface area contributed by atoms with Crippen LogP contribution in [0.15, 0.2) is 71.6 Å². The molecule has 0 spiro atoms. The maximum atomic E-state index is 14.2. The van der Waals surface area contributed by atoms with E-state index >= 15 is 0 Å². The molecule has 42 heavy (non-hydrogen) atoms. The fourth-order valence-electron chi connectivity index (χ4n) is 4.53. The summed E-state index contributed by atoms with van der Waals surface area (Å²) in [6.45, 7) is 9.02. The highest BCUT2D eigenvalue weighted by Gasteiger charge is 2.34. The van der Waals surface area contributed by atoms with E-state index < -0.39 is 28.5 Å². The summed E-state index contributed by atoms with van der Waals surface area (Å²) in [6.07, 6.45) is 0.350. The van der Waals surface area contributed by atoms with Crippen molar-refractivity contribution in [3.8, 4) is 11.5 Å². The summed E-state index contributed by atoms with van der Waals surface area (Å²) < 4.78 is 40.0. The Labute approximate surface area is 249 Å². The minimum absolute atomic E-state index is 0.0665. The molecule has 0 aliphatic heterocycles. The van der Waals surface area contributed by atoms with Crippen LogP contribution in [0, 0.1) is 13.8 Å². The summed E-state index contributed by atoms with van der Waals surface area (Å²) in [6, 6.07) is 17.9. The fraction of sp³-hybridized carbons (Fsp3) is 0.375. The van der Waals surface area contributed by atoms with E-state index in [-0.39, 0.29) is 29.1 Å². The quantitative estimate of drug-likeness (QED) is 0.303. The Morgan fingerprint density at radius 2 is 1.43 bits per heavy atom. The Hall–Kier alpha value is -4.05. The first-order chi connectivity index (χ1) is 19.9. The minimum atomic E-state index is -4.25. The van der Waals surface area contributed by atoms with Crippen LogP contribution in [0.3, 0.4) is 0 Å². The topological polar surface area (TPSA) is 105 Å². The van der Waals surface area contributed by atoms with E-state index in [4.69, 9.17) is 9.47 Å². The van der Waals surface area contributed by atoms with Crippen LogP contribution in [-0.4, -0.2) is 58.0 Å². The number of anilines is 1. The molecular weight excluding hydrogens is 554 g/mol. The van der Waals surface area contributed by atoms with Gasteiger partial charge in [-0.05, 0) is 63.9 Å². The molecule has 1 N–H and O–H groups in total. The summed E-state index contributed by atoms with van der Waals surface area (Å²) in [7, 11) is -1.37. The van der Waals surface area contributed by atoms with Crippen molar-refractivity contribution in [2.24, 2.45) is 0 Å². The average molecular weight is 596 g/mol. The van der Waals surface area contributed by atoms with Gasteiger partial charge in [-0.3, -0.25) is 13.9 Å². The van der Waals surface area contributed by atoms with Gasteiger partial charge >= 0.3 is 0 Å². The minimum Gasteiger partial charge on any atom is -0.493 e. The summed E-state index contributed by atoms with van der Waals surface area (Å²) >= 11 is 0. The van der Waals surface area contributed by atoms with E-state index in [9.17, 15) is 18.0 Å². The number of amides is 2. The Morgan fingerprint density at radius 3 is 1.95 bits per heavy atom. The lowest BCUT2D eigenvalue weighted by Gasteiger charge is -2.33. The van der Waals surface area contributed by atoms with E-state index in [1.165, 1.54) is 37.3 Å². The summed E-state index contributed by atoms with van der Waals surface area (Å²) in [5.74, 6) is -0.185. The molecule has 0 aliphatic rings. The lowest BCUT2D eigenvalue weighted by molar-refractivity contribution is -0.140. The number of nitrogens with one attached hydrogen (secondary N) is 1. The van der Waals surface area contributed by atoms with Gasteiger partial charge in [0.25, 0.3) is 10.0 Å². The third kappa shape index (κ3) is 7.82. The monoisotopic (exact) mass is 595 g/mol. The van der Waals surface area contributed by atoms with Crippen molar-refractivity contribution in [2.45, 2.75) is 64.6 Å². The number of methoxy groups -OCH3 is 2. The third-order valence-electron chi connectivity index (χ3n) is 6.83. The van der Waals surface area contributed by atoms with Crippen LogP contribution in [0.25, 0.3) is 0 Å². The highest BCUT2D eigenvalue weighted by molar-refractivity contribution is 7.92. The second-order valence-corrected chi connectivity index (χ2v) is 12.3. The highest BCUT2D eigenvalue weighted by atomic mass is 32.2. The number of carbonyl (C=O) groups excluding carboxylic acids is 2. The van der Waals surface area contributed by atoms with Gasteiger partial charge in [0, 0.05) is 18.7 Å². The molecule has 3 rings (SSSR count). The number of nitrogens with zero attached hydrogens (tertiary/aromatic N) is 2. The van der Waals surface area contributed by atoms with Crippen LogP contribution in [0.5, 0.6) is 11.5 Å². The molecule has 0 heterocycles. The van der Waals surface area contributed by atoms with Crippen LogP contribution < -0.4 is 19.1 Å². The molecule has 2 amide bonds. The van der Waals surface area contributed by atoms with Gasteiger partial charge < -0.3 is 19.7 Å². The lowest BCUT2D eigenvalue weighted by Crippen LogP contribution is -2.53. The second-order valence-electron chi connectivity index (χ2n) is 10.5. The molecule has 1 atom stereocenters. The molecule has 226 valence electrons. The van der Waals surface area contributed by atoms with Crippen LogP contribution in [0.2, 0.25) is 0 Å². The average Bonchev–Trinajstić information content (AvgIpc) is 2.96. The van der Waals surface area contributed by atoms with E-state index in [0.29, 0.717) is 17.9 Å². The second kappa shape index (κ2) is 14.2. The van der Waals surface area contributed by atoms with Crippen LogP contribution in [-0.2, 0) is 26.2 Å². The predicted molar refractivity (Wildman–Crippen MR) is 164 cm³/mol. The van der Waals surface area contributed by atoms with E-state index in [0.717, 1.165) is 21.0 Å². The van der Waals surface area contributed by atoms with Gasteiger partial charge in [0.15, 0.2) is 11.5 Å². The maximum Gasteiger partial charge on any atom is 0.264 e. The molecule has 3 aromatic carbocycles. The fourth-order valence-corrected chi connectivity index (χ4v) is 5.96. The van der Waals surface area contributed by atoms with Crippen LogP contribution in [0.1, 0.15) is 43.9 Å².